The van der Waals surface area contributed by atoms with Crippen LogP contribution >= 0.6 is 11.3 Å². The van der Waals surface area contributed by atoms with Crippen molar-refractivity contribution in [3.05, 3.63) is 62.0 Å². The average molecular weight is 510 g/mol. The fourth-order valence-electron chi connectivity index (χ4n) is 4.00. The number of aromatic nitrogens is 3. The first-order valence-electron chi connectivity index (χ1n) is 11.5. The second-order valence-electron chi connectivity index (χ2n) is 8.76. The molecule has 1 aliphatic rings. The van der Waals surface area contributed by atoms with Crippen LogP contribution in [0.3, 0.4) is 0 Å². The second kappa shape index (κ2) is 10.7. The van der Waals surface area contributed by atoms with E-state index in [9.17, 15) is 14.4 Å². The van der Waals surface area contributed by atoms with Gasteiger partial charge in [0.1, 0.15) is 22.6 Å². The number of pyridine rings is 1. The molecular formula is C25H27N5O5S. The quantitative estimate of drug-likeness (QED) is 0.460. The number of ether oxygens (including phenoxy) is 1. The molecule has 0 bridgehead atoms. The molecule has 11 heteroatoms. The molecule has 3 aromatic rings. The molecule has 188 valence electrons. The maximum atomic E-state index is 13.3. The first-order valence-corrected chi connectivity index (χ1v) is 12.4. The van der Waals surface area contributed by atoms with Crippen LogP contribution in [0.25, 0.3) is 23.9 Å². The van der Waals surface area contributed by atoms with E-state index in [0.717, 1.165) is 22.3 Å². The van der Waals surface area contributed by atoms with Crippen molar-refractivity contribution in [2.45, 2.75) is 38.7 Å². The van der Waals surface area contributed by atoms with E-state index < -0.39 is 23.7 Å². The number of carbonyl (C=O) groups excluding carboxylic acids is 1. The molecule has 0 spiro atoms. The Bertz CT molecular complexity index is 1410. The standard InChI is InChI=1S/C25H27N5O5S/c1-15(2)19-14-36-21(27-19)7-5-16-9-11-30-20(12-16)28-23(18(24(30)33)6-8-22(31)32)29-10-3-4-17(13-29)35-25(26)34/h5-9,11-12,14-15,17H,3-4,10,13H2,1-2H3,(H2,26,34)(H,31,32)/b7-5+,8-6+/t17-/m1/s1. The van der Waals surface area contributed by atoms with E-state index in [4.69, 9.17) is 20.6 Å². The van der Waals surface area contributed by atoms with Crippen LogP contribution in [0.4, 0.5) is 10.6 Å². The molecule has 1 amide bonds. The highest BCUT2D eigenvalue weighted by molar-refractivity contribution is 7.10. The highest BCUT2D eigenvalue weighted by Gasteiger charge is 2.26. The molecule has 1 aliphatic heterocycles. The number of anilines is 1. The largest absolute Gasteiger partial charge is 0.478 e. The number of hydrogen-bond acceptors (Lipinski definition) is 8. The Hall–Kier alpha value is -3.99. The minimum Gasteiger partial charge on any atom is -0.478 e. The van der Waals surface area contributed by atoms with Crippen LogP contribution < -0.4 is 16.2 Å². The summed E-state index contributed by atoms with van der Waals surface area (Å²) in [4.78, 5) is 46.9. The number of nitrogens with zero attached hydrogens (tertiary/aromatic N) is 4. The van der Waals surface area contributed by atoms with Gasteiger partial charge in [0.25, 0.3) is 5.56 Å². The van der Waals surface area contributed by atoms with Crippen molar-refractivity contribution in [3.8, 4) is 0 Å². The van der Waals surface area contributed by atoms with Gasteiger partial charge in [-0.1, -0.05) is 19.9 Å². The van der Waals surface area contributed by atoms with Gasteiger partial charge in [-0.15, -0.1) is 11.3 Å². The Morgan fingerprint density at radius 1 is 1.28 bits per heavy atom. The summed E-state index contributed by atoms with van der Waals surface area (Å²) in [5.41, 5.74) is 7.20. The van der Waals surface area contributed by atoms with Crippen LogP contribution in [0.15, 0.2) is 34.6 Å². The highest BCUT2D eigenvalue weighted by atomic mass is 32.1. The summed E-state index contributed by atoms with van der Waals surface area (Å²) in [5.74, 6) is -0.495. The predicted molar refractivity (Wildman–Crippen MR) is 139 cm³/mol. The predicted octanol–water partition coefficient (Wildman–Crippen LogP) is 3.61. The van der Waals surface area contributed by atoms with Gasteiger partial charge in [0, 0.05) is 24.2 Å². The number of carboxylic acids is 1. The number of piperidine rings is 1. The van der Waals surface area contributed by atoms with E-state index in [1.165, 1.54) is 10.5 Å². The van der Waals surface area contributed by atoms with E-state index in [1.807, 2.05) is 22.4 Å². The van der Waals surface area contributed by atoms with E-state index in [2.05, 4.69) is 18.8 Å². The summed E-state index contributed by atoms with van der Waals surface area (Å²) in [5, 5.41) is 12.1. The number of carbonyl (C=O) groups is 2. The lowest BCUT2D eigenvalue weighted by atomic mass is 10.1. The number of hydrogen-bond donors (Lipinski definition) is 2. The molecule has 10 nitrogen and oxygen atoms in total. The van der Waals surface area contributed by atoms with Gasteiger partial charge in [-0.2, -0.15) is 0 Å². The zero-order chi connectivity index (χ0) is 25.8. The van der Waals surface area contributed by atoms with Crippen molar-refractivity contribution in [2.24, 2.45) is 5.73 Å². The zero-order valence-electron chi connectivity index (χ0n) is 20.0. The van der Waals surface area contributed by atoms with Gasteiger partial charge in [0.05, 0.1) is 17.8 Å². The lowest BCUT2D eigenvalue weighted by Crippen LogP contribution is -2.43. The molecule has 1 atom stereocenters. The van der Waals surface area contributed by atoms with Crippen molar-refractivity contribution in [1.82, 2.24) is 14.4 Å². The van der Waals surface area contributed by atoms with Crippen molar-refractivity contribution < 1.29 is 19.4 Å². The second-order valence-corrected chi connectivity index (χ2v) is 9.65. The summed E-state index contributed by atoms with van der Waals surface area (Å²) in [6, 6.07) is 3.57. The van der Waals surface area contributed by atoms with Crippen LogP contribution in [0.5, 0.6) is 0 Å². The smallest absolute Gasteiger partial charge is 0.404 e. The van der Waals surface area contributed by atoms with Crippen LogP contribution in [0, 0.1) is 0 Å². The average Bonchev–Trinajstić information content (AvgIpc) is 3.31. The maximum Gasteiger partial charge on any atom is 0.404 e. The Kier molecular flexibility index (Phi) is 7.49. The third-order valence-electron chi connectivity index (χ3n) is 5.77. The Morgan fingerprint density at radius 3 is 2.78 bits per heavy atom. The third kappa shape index (κ3) is 5.80. The Balaban J connectivity index is 1.73. The van der Waals surface area contributed by atoms with E-state index in [1.54, 1.807) is 29.7 Å². The van der Waals surface area contributed by atoms with E-state index >= 15 is 0 Å². The number of rotatable bonds is 7. The number of fused-ring (bicyclic) bond motifs is 1. The van der Waals surface area contributed by atoms with Crippen LogP contribution in [0.2, 0.25) is 0 Å². The molecule has 4 heterocycles. The number of thiazole rings is 1. The molecular weight excluding hydrogens is 482 g/mol. The van der Waals surface area contributed by atoms with Crippen molar-refractivity contribution >= 4 is 53.1 Å². The van der Waals surface area contributed by atoms with Crippen molar-refractivity contribution in [3.63, 3.8) is 0 Å². The Morgan fingerprint density at radius 2 is 2.08 bits per heavy atom. The molecule has 1 saturated heterocycles. The van der Waals surface area contributed by atoms with E-state index in [-0.39, 0.29) is 5.56 Å². The molecule has 3 aromatic heterocycles. The summed E-state index contributed by atoms with van der Waals surface area (Å²) in [6.45, 7) is 5.05. The molecule has 0 aromatic carbocycles. The molecule has 0 unspecified atom stereocenters. The normalized spacial score (nSPS) is 16.4. The minimum atomic E-state index is -1.18. The third-order valence-corrected chi connectivity index (χ3v) is 6.60. The summed E-state index contributed by atoms with van der Waals surface area (Å²) < 4.78 is 6.55. The molecule has 3 N–H and O–H groups in total. The summed E-state index contributed by atoms with van der Waals surface area (Å²) >= 11 is 1.56. The van der Waals surface area contributed by atoms with Gasteiger partial charge < -0.3 is 20.5 Å². The monoisotopic (exact) mass is 509 g/mol. The van der Waals surface area contributed by atoms with Gasteiger partial charge in [0.2, 0.25) is 0 Å². The molecule has 0 saturated carbocycles. The zero-order valence-corrected chi connectivity index (χ0v) is 20.8. The first kappa shape index (κ1) is 25.1. The SMILES string of the molecule is CC(C)c1csc(/C=C/c2ccn3c(=O)c(/C=C/C(=O)O)c(N4CCC[C@@H](OC(N)=O)C4)nc3c2)n1. The fraction of sp³-hybridized carbons (Fsp3) is 0.320. The van der Waals surface area contributed by atoms with Crippen molar-refractivity contribution in [2.75, 3.05) is 18.0 Å². The minimum absolute atomic E-state index is 0.141. The number of nitrogens with two attached hydrogens (primary N) is 1. The topological polar surface area (TPSA) is 140 Å². The van der Waals surface area contributed by atoms with Gasteiger partial charge in [-0.3, -0.25) is 9.20 Å². The number of aliphatic carboxylic acids is 1. The van der Waals surface area contributed by atoms with Gasteiger partial charge in [-0.25, -0.2) is 19.6 Å². The lowest BCUT2D eigenvalue weighted by molar-refractivity contribution is -0.131. The number of primary amides is 1. The fourth-order valence-corrected chi connectivity index (χ4v) is 4.87. The van der Waals surface area contributed by atoms with Crippen molar-refractivity contribution in [1.29, 1.82) is 0 Å². The summed E-state index contributed by atoms with van der Waals surface area (Å²) in [7, 11) is 0. The van der Waals surface area contributed by atoms with Crippen LogP contribution in [-0.2, 0) is 9.53 Å². The number of amides is 1. The Labute approximate surface area is 211 Å². The number of carboxylic acid groups (broad SMARTS) is 1. The molecule has 1 fully saturated rings. The van der Waals surface area contributed by atoms with E-state index in [0.29, 0.717) is 43.3 Å². The lowest BCUT2D eigenvalue weighted by Gasteiger charge is -2.33. The molecule has 36 heavy (non-hydrogen) atoms. The van der Waals surface area contributed by atoms with Gasteiger partial charge in [0.15, 0.2) is 0 Å². The van der Waals surface area contributed by atoms with Crippen LogP contribution in [0.1, 0.15) is 54.4 Å². The first-order chi connectivity index (χ1) is 17.2. The molecule has 0 radical (unpaired) electrons. The highest BCUT2D eigenvalue weighted by Crippen LogP contribution is 2.24. The van der Waals surface area contributed by atoms with Gasteiger partial charge in [-0.05, 0) is 48.6 Å². The summed E-state index contributed by atoms with van der Waals surface area (Å²) in [6.07, 6.45) is 7.61. The van der Waals surface area contributed by atoms with Gasteiger partial charge >= 0.3 is 12.1 Å². The van der Waals surface area contributed by atoms with Crippen LogP contribution in [-0.4, -0.2) is 50.7 Å². The maximum absolute atomic E-state index is 13.3. The molecule has 4 rings (SSSR count). The molecule has 0 aliphatic carbocycles.